The number of ether oxygens (including phenoxy) is 2. The molecule has 0 aliphatic carbocycles. The summed E-state index contributed by atoms with van der Waals surface area (Å²) in [5, 5.41) is 25.7. The van der Waals surface area contributed by atoms with Crippen LogP contribution in [0.4, 0.5) is 38.9 Å². The minimum Gasteiger partial charge on any atom is -0.508 e. The fourth-order valence-electron chi connectivity index (χ4n) is 4.47. The van der Waals surface area contributed by atoms with Crippen LogP contribution in [0.1, 0.15) is 5.82 Å². The molecule has 12 nitrogen and oxygen atoms in total. The Hall–Kier alpha value is -6.37. The van der Waals surface area contributed by atoms with Gasteiger partial charge in [-0.05, 0) is 61.5 Å². The van der Waals surface area contributed by atoms with E-state index in [9.17, 15) is 9.50 Å². The number of para-hydroxylation sites is 1. The van der Waals surface area contributed by atoms with Gasteiger partial charge in [0.05, 0.1) is 12.9 Å². The van der Waals surface area contributed by atoms with Crippen LogP contribution in [0.25, 0.3) is 11.5 Å². The maximum Gasteiger partial charge on any atom is 0.257 e. The molecule has 0 atom stereocenters. The van der Waals surface area contributed by atoms with E-state index in [0.29, 0.717) is 54.5 Å². The van der Waals surface area contributed by atoms with E-state index in [-0.39, 0.29) is 17.5 Å². The van der Waals surface area contributed by atoms with Crippen molar-refractivity contribution in [3.63, 3.8) is 0 Å². The quantitative estimate of drug-likeness (QED) is 0.103. The summed E-state index contributed by atoms with van der Waals surface area (Å²) in [4.78, 5) is 12.3. The summed E-state index contributed by atoms with van der Waals surface area (Å²) >= 11 is 0. The molecule has 0 saturated carbocycles. The Morgan fingerprint density at radius 1 is 0.745 bits per heavy atom. The summed E-state index contributed by atoms with van der Waals surface area (Å²) in [6, 6.07) is 29.6. The van der Waals surface area contributed by atoms with E-state index >= 15 is 0 Å². The lowest BCUT2D eigenvalue weighted by Gasteiger charge is -2.19. The van der Waals surface area contributed by atoms with Gasteiger partial charge < -0.3 is 40.4 Å². The van der Waals surface area contributed by atoms with Crippen LogP contribution < -0.4 is 30.7 Å². The first-order valence-corrected chi connectivity index (χ1v) is 14.7. The second kappa shape index (κ2) is 14.6. The van der Waals surface area contributed by atoms with Crippen LogP contribution in [0.3, 0.4) is 0 Å². The number of halogens is 1. The molecule has 0 fully saturated rings. The van der Waals surface area contributed by atoms with Crippen LogP contribution in [-0.2, 0) is 0 Å². The Kier molecular flexibility index (Phi) is 9.52. The van der Waals surface area contributed by atoms with Gasteiger partial charge in [0.2, 0.25) is 5.95 Å². The number of hydrogen-bond donors (Lipinski definition) is 5. The molecule has 0 radical (unpaired) electrons. The lowest BCUT2D eigenvalue weighted by atomic mass is 10.2. The van der Waals surface area contributed by atoms with Crippen molar-refractivity contribution < 1.29 is 23.5 Å². The minimum atomic E-state index is -0.596. The zero-order chi connectivity index (χ0) is 32.4. The van der Waals surface area contributed by atoms with Gasteiger partial charge in [0.25, 0.3) is 5.89 Å². The Morgan fingerprint density at radius 3 is 2.30 bits per heavy atom. The normalized spacial score (nSPS) is 11.5. The standard InChI is InChI=1S/C18H15FN4O3.C16H16N4O/c19-14-10-20-18(22-11-2-1-3-13(24)8-11)23-17(14)21-12-4-5-15-16(9-12)26-7-6-25-15;1-12-19-16(21-20-12)13-6-5-9-15(10-13)18-11-17-14-7-3-2-4-8-14/h1-5,8-10,24H,6-7H2,(H2,20,21,22,23);2-10,17-18H,11H2,1H3. The SMILES string of the molecule is Cc1noc(-c2cccc(NCNc3ccccc3)c2)n1.Oc1cccc(Nc2ncc(F)c(Nc3ccc4c(c3)OCCO4)n2)c1. The second-order valence-corrected chi connectivity index (χ2v) is 10.2. The Labute approximate surface area is 269 Å². The number of aromatic hydroxyl groups is 1. The van der Waals surface area contributed by atoms with Crippen LogP contribution in [0.2, 0.25) is 0 Å². The van der Waals surface area contributed by atoms with Crippen molar-refractivity contribution in [2.24, 2.45) is 0 Å². The summed E-state index contributed by atoms with van der Waals surface area (Å²) in [5.41, 5.74) is 4.16. The van der Waals surface area contributed by atoms with Crippen LogP contribution in [0, 0.1) is 12.7 Å². The summed E-state index contributed by atoms with van der Waals surface area (Å²) in [7, 11) is 0. The number of anilines is 6. The molecule has 0 amide bonds. The molecule has 0 bridgehead atoms. The van der Waals surface area contributed by atoms with Crippen LogP contribution in [-0.4, -0.2) is 45.1 Å². The van der Waals surface area contributed by atoms with E-state index in [4.69, 9.17) is 14.0 Å². The van der Waals surface area contributed by atoms with Gasteiger partial charge in [0.15, 0.2) is 29.0 Å². The molecule has 5 N–H and O–H groups in total. The van der Waals surface area contributed by atoms with E-state index in [0.717, 1.165) is 23.1 Å². The predicted octanol–water partition coefficient (Wildman–Crippen LogP) is 7.11. The molecule has 0 spiro atoms. The first-order valence-electron chi connectivity index (χ1n) is 14.7. The zero-order valence-electron chi connectivity index (χ0n) is 25.3. The van der Waals surface area contributed by atoms with E-state index in [1.54, 1.807) is 43.3 Å². The number of phenols is 1. The largest absolute Gasteiger partial charge is 0.508 e. The Morgan fingerprint density at radius 2 is 1.49 bits per heavy atom. The van der Waals surface area contributed by atoms with E-state index in [1.165, 1.54) is 6.07 Å². The van der Waals surface area contributed by atoms with Gasteiger partial charge in [-0.1, -0.05) is 35.5 Å². The average Bonchev–Trinajstić information content (AvgIpc) is 3.53. The molecule has 6 aromatic rings. The summed E-state index contributed by atoms with van der Waals surface area (Å²) in [5.74, 6) is 2.12. The van der Waals surface area contributed by atoms with E-state index in [2.05, 4.69) is 41.4 Å². The number of nitrogens with one attached hydrogen (secondary N) is 4. The number of fused-ring (bicyclic) bond motifs is 1. The summed E-state index contributed by atoms with van der Waals surface area (Å²) < 4.78 is 30.2. The molecule has 1 aliphatic heterocycles. The summed E-state index contributed by atoms with van der Waals surface area (Å²) in [6.45, 7) is 3.41. The van der Waals surface area contributed by atoms with Gasteiger partial charge in [0.1, 0.15) is 19.0 Å². The van der Waals surface area contributed by atoms with Crippen molar-refractivity contribution in [1.82, 2.24) is 20.1 Å². The third kappa shape index (κ3) is 8.42. The highest BCUT2D eigenvalue weighted by Gasteiger charge is 2.14. The van der Waals surface area contributed by atoms with E-state index in [1.807, 2.05) is 54.6 Å². The van der Waals surface area contributed by atoms with Crippen molar-refractivity contribution >= 4 is 34.5 Å². The molecule has 0 unspecified atom stereocenters. The monoisotopic (exact) mass is 634 g/mol. The summed E-state index contributed by atoms with van der Waals surface area (Å²) in [6.07, 6.45) is 1.07. The molecule has 2 aromatic heterocycles. The first kappa shape index (κ1) is 30.6. The molecule has 47 heavy (non-hydrogen) atoms. The molecule has 0 saturated heterocycles. The van der Waals surface area contributed by atoms with Crippen molar-refractivity contribution in [2.75, 3.05) is 41.1 Å². The minimum absolute atomic E-state index is 0.0133. The highest BCUT2D eigenvalue weighted by atomic mass is 19.1. The topological polar surface area (TPSA) is 152 Å². The van der Waals surface area contributed by atoms with Crippen molar-refractivity contribution in [2.45, 2.75) is 6.92 Å². The number of aryl methyl sites for hydroxylation is 1. The van der Waals surface area contributed by atoms with Crippen LogP contribution >= 0.6 is 0 Å². The third-order valence-electron chi connectivity index (χ3n) is 6.65. The van der Waals surface area contributed by atoms with E-state index < -0.39 is 5.82 Å². The second-order valence-electron chi connectivity index (χ2n) is 10.2. The number of aromatic nitrogens is 4. The lowest BCUT2D eigenvalue weighted by Crippen LogP contribution is -2.15. The first-order chi connectivity index (χ1) is 23.0. The Bertz CT molecular complexity index is 1940. The molecular formula is C34H31FN8O4. The van der Waals surface area contributed by atoms with Gasteiger partial charge in [-0.3, -0.25) is 0 Å². The number of rotatable bonds is 9. The molecule has 7 rings (SSSR count). The van der Waals surface area contributed by atoms with Crippen molar-refractivity contribution in [3.8, 4) is 28.7 Å². The lowest BCUT2D eigenvalue weighted by molar-refractivity contribution is 0.171. The number of phenolic OH excluding ortho intramolecular Hbond substituents is 1. The predicted molar refractivity (Wildman–Crippen MR) is 177 cm³/mol. The van der Waals surface area contributed by atoms with Gasteiger partial charge in [-0.15, -0.1) is 0 Å². The van der Waals surface area contributed by atoms with Crippen molar-refractivity contribution in [1.29, 1.82) is 0 Å². The number of benzene rings is 4. The molecule has 1 aliphatic rings. The van der Waals surface area contributed by atoms with Gasteiger partial charge in [0, 0.05) is 40.4 Å². The molecule has 238 valence electrons. The van der Waals surface area contributed by atoms with Crippen LogP contribution in [0.5, 0.6) is 17.2 Å². The maximum absolute atomic E-state index is 14.1. The number of nitrogens with zero attached hydrogens (tertiary/aromatic N) is 4. The fraction of sp³-hybridized carbons (Fsp3) is 0.118. The zero-order valence-corrected chi connectivity index (χ0v) is 25.3. The fourth-order valence-corrected chi connectivity index (χ4v) is 4.47. The van der Waals surface area contributed by atoms with Crippen molar-refractivity contribution in [3.05, 3.63) is 115 Å². The molecular weight excluding hydrogens is 603 g/mol. The third-order valence-corrected chi connectivity index (χ3v) is 6.65. The molecule has 4 aromatic carbocycles. The van der Waals surface area contributed by atoms with Gasteiger partial charge in [-0.2, -0.15) is 9.97 Å². The van der Waals surface area contributed by atoms with Crippen LogP contribution in [0.15, 0.2) is 108 Å². The average molecular weight is 635 g/mol. The number of hydrogen-bond acceptors (Lipinski definition) is 12. The smallest absolute Gasteiger partial charge is 0.257 e. The molecule has 13 heteroatoms. The van der Waals surface area contributed by atoms with Gasteiger partial charge in [-0.25, -0.2) is 9.37 Å². The van der Waals surface area contributed by atoms with Gasteiger partial charge >= 0.3 is 0 Å². The molecule has 3 heterocycles. The Balaban J connectivity index is 0.000000168. The highest BCUT2D eigenvalue weighted by Crippen LogP contribution is 2.34. The maximum atomic E-state index is 14.1. The highest BCUT2D eigenvalue weighted by molar-refractivity contribution is 5.64.